The lowest BCUT2D eigenvalue weighted by atomic mass is 10.1. The standard InChI is InChI=1S/C19H19BrClNO3/c20-15-3-1-2-13(10-15)4-5-18(23)22-7-6-14-11-16(21)19-17(12-14)24-8-9-25-19/h1-3,10-12H,4-9H2,(H,22,23). The number of fused-ring (bicyclic) bond motifs is 1. The molecule has 2 aromatic carbocycles. The van der Waals surface area contributed by atoms with Crippen LogP contribution in [0, 0.1) is 0 Å². The number of benzene rings is 2. The number of rotatable bonds is 6. The van der Waals surface area contributed by atoms with Gasteiger partial charge in [-0.2, -0.15) is 0 Å². The average Bonchev–Trinajstić information content (AvgIpc) is 2.60. The first-order valence-corrected chi connectivity index (χ1v) is 9.38. The number of nitrogens with one attached hydrogen (secondary N) is 1. The lowest BCUT2D eigenvalue weighted by Crippen LogP contribution is -2.26. The number of hydrogen-bond donors (Lipinski definition) is 1. The first-order valence-electron chi connectivity index (χ1n) is 8.21. The van der Waals surface area contributed by atoms with E-state index in [4.69, 9.17) is 21.1 Å². The molecule has 0 unspecified atom stereocenters. The number of aryl methyl sites for hydroxylation is 1. The Bertz CT molecular complexity index is 766. The minimum Gasteiger partial charge on any atom is -0.486 e. The normalized spacial score (nSPS) is 12.7. The van der Waals surface area contributed by atoms with E-state index >= 15 is 0 Å². The van der Waals surface area contributed by atoms with Crippen LogP contribution in [0.25, 0.3) is 0 Å². The molecule has 6 heteroatoms. The van der Waals surface area contributed by atoms with Crippen LogP contribution in [-0.2, 0) is 17.6 Å². The van der Waals surface area contributed by atoms with Crippen molar-refractivity contribution in [2.24, 2.45) is 0 Å². The third-order valence-electron chi connectivity index (χ3n) is 3.92. The van der Waals surface area contributed by atoms with Crippen LogP contribution in [-0.4, -0.2) is 25.7 Å². The summed E-state index contributed by atoms with van der Waals surface area (Å²) in [6.07, 6.45) is 1.89. The number of carbonyl (C=O) groups excluding carboxylic acids is 1. The van der Waals surface area contributed by atoms with Gasteiger partial charge in [-0.1, -0.05) is 39.7 Å². The van der Waals surface area contributed by atoms with Crippen LogP contribution in [0.3, 0.4) is 0 Å². The van der Waals surface area contributed by atoms with Crippen molar-refractivity contribution in [2.45, 2.75) is 19.3 Å². The van der Waals surface area contributed by atoms with Gasteiger partial charge in [-0.3, -0.25) is 4.79 Å². The molecule has 3 rings (SSSR count). The summed E-state index contributed by atoms with van der Waals surface area (Å²) in [5.74, 6) is 1.33. The summed E-state index contributed by atoms with van der Waals surface area (Å²) >= 11 is 9.66. The molecule has 25 heavy (non-hydrogen) atoms. The molecule has 1 heterocycles. The van der Waals surface area contributed by atoms with Crippen molar-refractivity contribution >= 4 is 33.4 Å². The van der Waals surface area contributed by atoms with Gasteiger partial charge in [0.1, 0.15) is 13.2 Å². The smallest absolute Gasteiger partial charge is 0.220 e. The molecular weight excluding hydrogens is 406 g/mol. The van der Waals surface area contributed by atoms with Gasteiger partial charge in [0.15, 0.2) is 11.5 Å². The van der Waals surface area contributed by atoms with Gasteiger partial charge >= 0.3 is 0 Å². The van der Waals surface area contributed by atoms with Crippen molar-refractivity contribution in [2.75, 3.05) is 19.8 Å². The highest BCUT2D eigenvalue weighted by molar-refractivity contribution is 9.10. The number of carbonyl (C=O) groups is 1. The number of ether oxygens (including phenoxy) is 2. The first kappa shape index (κ1) is 18.1. The lowest BCUT2D eigenvalue weighted by Gasteiger charge is -2.20. The minimum absolute atomic E-state index is 0.0450. The maximum atomic E-state index is 12.0. The summed E-state index contributed by atoms with van der Waals surface area (Å²) in [7, 11) is 0. The number of halogens is 2. The molecule has 132 valence electrons. The second kappa shape index (κ2) is 8.59. The van der Waals surface area contributed by atoms with Crippen LogP contribution in [0.15, 0.2) is 40.9 Å². The molecular formula is C19H19BrClNO3. The van der Waals surface area contributed by atoms with Crippen LogP contribution < -0.4 is 14.8 Å². The zero-order chi connectivity index (χ0) is 17.6. The third kappa shape index (κ3) is 5.13. The molecule has 0 spiro atoms. The van der Waals surface area contributed by atoms with E-state index in [2.05, 4.69) is 21.2 Å². The first-order chi connectivity index (χ1) is 12.1. The molecule has 0 saturated heterocycles. The number of amides is 1. The fourth-order valence-electron chi connectivity index (χ4n) is 2.69. The van der Waals surface area contributed by atoms with Gasteiger partial charge in [0.05, 0.1) is 5.02 Å². The van der Waals surface area contributed by atoms with Crippen LogP contribution in [0.1, 0.15) is 17.5 Å². The van der Waals surface area contributed by atoms with Gasteiger partial charge in [-0.15, -0.1) is 0 Å². The second-order valence-corrected chi connectivity index (χ2v) is 7.15. The molecule has 2 aromatic rings. The zero-order valence-electron chi connectivity index (χ0n) is 13.7. The summed E-state index contributed by atoms with van der Waals surface area (Å²) in [4.78, 5) is 12.0. The average molecular weight is 425 g/mol. The highest BCUT2D eigenvalue weighted by atomic mass is 79.9. The van der Waals surface area contributed by atoms with Gasteiger partial charge in [0.2, 0.25) is 5.91 Å². The van der Waals surface area contributed by atoms with E-state index in [1.54, 1.807) is 0 Å². The molecule has 0 bridgehead atoms. The SMILES string of the molecule is O=C(CCc1cccc(Br)c1)NCCc1cc(Cl)c2c(c1)OCCO2. The highest BCUT2D eigenvalue weighted by Crippen LogP contribution is 2.38. The molecule has 0 fully saturated rings. The van der Waals surface area contributed by atoms with Crippen LogP contribution in [0.5, 0.6) is 11.5 Å². The summed E-state index contributed by atoms with van der Waals surface area (Å²) in [5.41, 5.74) is 2.16. The van der Waals surface area contributed by atoms with E-state index < -0.39 is 0 Å². The molecule has 0 radical (unpaired) electrons. The summed E-state index contributed by atoms with van der Waals surface area (Å²) in [5, 5.41) is 3.50. The maximum Gasteiger partial charge on any atom is 0.220 e. The van der Waals surface area contributed by atoms with Gasteiger partial charge in [-0.25, -0.2) is 0 Å². The number of hydrogen-bond acceptors (Lipinski definition) is 3. The topological polar surface area (TPSA) is 47.6 Å². The quantitative estimate of drug-likeness (QED) is 0.757. The van der Waals surface area contributed by atoms with Crippen LogP contribution in [0.2, 0.25) is 5.02 Å². The molecule has 4 nitrogen and oxygen atoms in total. The van der Waals surface area contributed by atoms with Crippen molar-refractivity contribution in [1.82, 2.24) is 5.32 Å². The van der Waals surface area contributed by atoms with Crippen molar-refractivity contribution in [3.05, 3.63) is 57.0 Å². The Morgan fingerprint density at radius 1 is 1.12 bits per heavy atom. The Balaban J connectivity index is 1.46. The van der Waals surface area contributed by atoms with E-state index in [1.165, 1.54) is 0 Å². The molecule has 1 aliphatic rings. The van der Waals surface area contributed by atoms with E-state index in [0.29, 0.717) is 49.1 Å². The predicted molar refractivity (Wildman–Crippen MR) is 102 cm³/mol. The van der Waals surface area contributed by atoms with Crippen LogP contribution >= 0.6 is 27.5 Å². The monoisotopic (exact) mass is 423 g/mol. The molecule has 0 aromatic heterocycles. The van der Waals surface area contributed by atoms with Gasteiger partial charge < -0.3 is 14.8 Å². The fourth-order valence-corrected chi connectivity index (χ4v) is 3.43. The van der Waals surface area contributed by atoms with E-state index in [-0.39, 0.29) is 5.91 Å². The van der Waals surface area contributed by atoms with Gasteiger partial charge in [-0.05, 0) is 48.2 Å². The highest BCUT2D eigenvalue weighted by Gasteiger charge is 2.16. The predicted octanol–water partition coefficient (Wildman–Crippen LogP) is 4.17. The largest absolute Gasteiger partial charge is 0.486 e. The lowest BCUT2D eigenvalue weighted by molar-refractivity contribution is -0.121. The Hall–Kier alpha value is -1.72. The molecule has 0 aliphatic carbocycles. The Morgan fingerprint density at radius 3 is 2.80 bits per heavy atom. The molecule has 0 atom stereocenters. The third-order valence-corrected chi connectivity index (χ3v) is 4.70. The molecule has 0 saturated carbocycles. The van der Waals surface area contributed by atoms with Crippen molar-refractivity contribution < 1.29 is 14.3 Å². The van der Waals surface area contributed by atoms with Crippen molar-refractivity contribution in [3.63, 3.8) is 0 Å². The molecule has 1 aliphatic heterocycles. The summed E-state index contributed by atoms with van der Waals surface area (Å²) in [6, 6.07) is 11.8. The Morgan fingerprint density at radius 2 is 1.96 bits per heavy atom. The maximum absolute atomic E-state index is 12.0. The van der Waals surface area contributed by atoms with Gasteiger partial charge in [0, 0.05) is 17.4 Å². The second-order valence-electron chi connectivity index (χ2n) is 5.83. The van der Waals surface area contributed by atoms with Crippen molar-refractivity contribution in [1.29, 1.82) is 0 Å². The summed E-state index contributed by atoms with van der Waals surface area (Å²) in [6.45, 7) is 1.60. The Kier molecular flexibility index (Phi) is 6.21. The van der Waals surface area contributed by atoms with Crippen LogP contribution in [0.4, 0.5) is 0 Å². The van der Waals surface area contributed by atoms with Crippen molar-refractivity contribution in [3.8, 4) is 11.5 Å². The Labute approximate surface area is 160 Å². The summed E-state index contributed by atoms with van der Waals surface area (Å²) < 4.78 is 12.1. The van der Waals surface area contributed by atoms with E-state index in [1.807, 2.05) is 36.4 Å². The van der Waals surface area contributed by atoms with Gasteiger partial charge in [0.25, 0.3) is 0 Å². The fraction of sp³-hybridized carbons (Fsp3) is 0.316. The molecule has 1 N–H and O–H groups in total. The van der Waals surface area contributed by atoms with E-state index in [9.17, 15) is 4.79 Å². The zero-order valence-corrected chi connectivity index (χ0v) is 16.0. The minimum atomic E-state index is 0.0450. The molecule has 1 amide bonds. The van der Waals surface area contributed by atoms with E-state index in [0.717, 1.165) is 22.0 Å².